The van der Waals surface area contributed by atoms with E-state index in [1.807, 2.05) is 10.8 Å². The van der Waals surface area contributed by atoms with Crippen molar-refractivity contribution in [1.29, 1.82) is 0 Å². The van der Waals surface area contributed by atoms with Gasteiger partial charge in [-0.25, -0.2) is 0 Å². The molecule has 0 saturated carbocycles. The van der Waals surface area contributed by atoms with Crippen LogP contribution in [-0.4, -0.2) is 39.3 Å². The number of nitrogens with zero attached hydrogens (tertiary/aromatic N) is 3. The van der Waals surface area contributed by atoms with Crippen LogP contribution in [0.3, 0.4) is 0 Å². The monoisotopic (exact) mass is 393 g/mol. The number of aromatic nitrogens is 2. The lowest BCUT2D eigenvalue weighted by Crippen LogP contribution is -2.30. The van der Waals surface area contributed by atoms with Gasteiger partial charge in [-0.05, 0) is 50.0 Å². The van der Waals surface area contributed by atoms with Gasteiger partial charge in [0.2, 0.25) is 5.62 Å². The van der Waals surface area contributed by atoms with Gasteiger partial charge in [0.25, 0.3) is 0 Å². The Kier molecular flexibility index (Phi) is 8.00. The maximum Gasteiger partial charge on any atom is 0.320 e. The molecule has 0 bridgehead atoms. The summed E-state index contributed by atoms with van der Waals surface area (Å²) >= 11 is 0. The topological polar surface area (TPSA) is 129 Å². The van der Waals surface area contributed by atoms with E-state index in [-0.39, 0.29) is 17.7 Å². The molecule has 1 saturated heterocycles. The molecule has 5 N–H and O–H groups in total. The molecule has 1 aliphatic heterocycles. The van der Waals surface area contributed by atoms with Crippen LogP contribution in [0.15, 0.2) is 17.3 Å². The van der Waals surface area contributed by atoms with Crippen LogP contribution in [-0.2, 0) is 9.53 Å². The lowest BCUT2D eigenvalue weighted by Gasteiger charge is -2.26. The quantitative estimate of drug-likeness (QED) is 0.524. The molecule has 2 rings (SSSR count). The highest BCUT2D eigenvalue weighted by molar-refractivity contribution is 5.72. The van der Waals surface area contributed by atoms with E-state index in [2.05, 4.69) is 30.7 Å². The van der Waals surface area contributed by atoms with E-state index < -0.39 is 12.0 Å². The Morgan fingerprint density at radius 1 is 1.46 bits per heavy atom. The van der Waals surface area contributed by atoms with E-state index >= 15 is 0 Å². The summed E-state index contributed by atoms with van der Waals surface area (Å²) in [7, 11) is 0. The van der Waals surface area contributed by atoms with Crippen LogP contribution in [0.4, 0.5) is 5.82 Å². The predicted octanol–water partition coefficient (Wildman–Crippen LogP) is 2.45. The Morgan fingerprint density at radius 3 is 2.89 bits per heavy atom. The first kappa shape index (κ1) is 22.4. The number of hydrogen-bond donors (Lipinski definition) is 3. The lowest BCUT2D eigenvalue weighted by molar-refractivity contribution is -0.138. The van der Waals surface area contributed by atoms with E-state index in [1.165, 1.54) is 0 Å². The number of anilines is 1. The molecule has 158 valence electrons. The molecule has 1 fully saturated rings. The number of carboxylic acids is 1. The first-order chi connectivity index (χ1) is 13.2. The number of ether oxygens (including phenoxy) is 1. The third-order valence-electron chi connectivity index (χ3n) is 5.49. The van der Waals surface area contributed by atoms with Crippen molar-refractivity contribution in [2.45, 2.75) is 84.1 Å². The van der Waals surface area contributed by atoms with E-state index in [9.17, 15) is 4.79 Å². The number of carbonyl (C=O) groups is 1. The van der Waals surface area contributed by atoms with Crippen molar-refractivity contribution in [2.24, 2.45) is 16.1 Å². The fourth-order valence-electron chi connectivity index (χ4n) is 3.36. The molecule has 0 amide bonds. The molecule has 8 heteroatoms. The summed E-state index contributed by atoms with van der Waals surface area (Å²) in [4.78, 5) is 19.7. The van der Waals surface area contributed by atoms with Gasteiger partial charge in [0.05, 0.1) is 6.10 Å². The highest BCUT2D eigenvalue weighted by Crippen LogP contribution is 2.36. The molecule has 0 radical (unpaired) electrons. The smallest absolute Gasteiger partial charge is 0.320 e. The number of rotatable bonds is 10. The van der Waals surface area contributed by atoms with Crippen LogP contribution >= 0.6 is 0 Å². The molecule has 0 spiro atoms. The van der Waals surface area contributed by atoms with Crippen molar-refractivity contribution < 1.29 is 14.6 Å². The van der Waals surface area contributed by atoms with Crippen LogP contribution < -0.4 is 17.1 Å². The van der Waals surface area contributed by atoms with Gasteiger partial charge in [0.15, 0.2) is 0 Å². The minimum Gasteiger partial charge on any atom is -0.480 e. The molecule has 1 aromatic rings. The van der Waals surface area contributed by atoms with E-state index in [0.29, 0.717) is 30.8 Å². The fourth-order valence-corrected chi connectivity index (χ4v) is 3.36. The highest BCUT2D eigenvalue weighted by atomic mass is 16.5. The molecule has 28 heavy (non-hydrogen) atoms. The fraction of sp³-hybridized carbons (Fsp3) is 0.750. The Bertz CT molecular complexity index is 716. The minimum atomic E-state index is -0.966. The molecule has 2 unspecified atom stereocenters. The molecule has 1 aromatic heterocycles. The van der Waals surface area contributed by atoms with Crippen molar-refractivity contribution in [2.75, 3.05) is 12.3 Å². The summed E-state index contributed by atoms with van der Waals surface area (Å²) in [5, 5.41) is 8.82. The van der Waals surface area contributed by atoms with Crippen molar-refractivity contribution in [1.82, 2.24) is 9.55 Å². The van der Waals surface area contributed by atoms with Gasteiger partial charge in [0.1, 0.15) is 18.1 Å². The van der Waals surface area contributed by atoms with Crippen LogP contribution in [0.2, 0.25) is 0 Å². The van der Waals surface area contributed by atoms with Crippen molar-refractivity contribution in [3.8, 4) is 0 Å². The van der Waals surface area contributed by atoms with E-state index in [1.54, 1.807) is 6.07 Å². The third-order valence-corrected chi connectivity index (χ3v) is 5.49. The molecular weight excluding hydrogens is 358 g/mol. The average molecular weight is 394 g/mol. The number of hydrogen-bond acceptors (Lipinski definition) is 6. The van der Waals surface area contributed by atoms with Gasteiger partial charge >= 0.3 is 5.97 Å². The van der Waals surface area contributed by atoms with Crippen molar-refractivity contribution in [3.05, 3.63) is 17.9 Å². The Balaban J connectivity index is 1.99. The second-order valence-electron chi connectivity index (χ2n) is 8.39. The van der Waals surface area contributed by atoms with Crippen molar-refractivity contribution in [3.63, 3.8) is 0 Å². The zero-order valence-corrected chi connectivity index (χ0v) is 17.3. The summed E-state index contributed by atoms with van der Waals surface area (Å²) in [6, 6.07) is 0.948. The second kappa shape index (κ2) is 10.0. The Hall–Kier alpha value is -1.93. The van der Waals surface area contributed by atoms with Gasteiger partial charge in [-0.15, -0.1) is 0 Å². The number of aliphatic carboxylic acids is 1. The molecule has 1 aliphatic rings. The zero-order valence-electron chi connectivity index (χ0n) is 17.3. The largest absolute Gasteiger partial charge is 0.480 e. The maximum atomic E-state index is 10.8. The molecule has 0 aromatic carbocycles. The average Bonchev–Trinajstić information content (AvgIpc) is 3.08. The SMILES string of the molecule is CCC(C)(C)CC1CC[C@H](n2ccc(N)nc2=NCCCCC(N)C(=O)O)O1. The predicted molar refractivity (Wildman–Crippen MR) is 108 cm³/mol. The second-order valence-corrected chi connectivity index (χ2v) is 8.39. The highest BCUT2D eigenvalue weighted by Gasteiger charge is 2.31. The normalized spacial score (nSPS) is 21.8. The van der Waals surface area contributed by atoms with Crippen LogP contribution in [0.5, 0.6) is 0 Å². The first-order valence-electron chi connectivity index (χ1n) is 10.2. The molecule has 2 heterocycles. The number of nitrogens with two attached hydrogens (primary N) is 2. The zero-order chi connectivity index (χ0) is 20.7. The molecular formula is C20H35N5O3. The number of carboxylic acid groups (broad SMARTS) is 1. The molecule has 0 aliphatic carbocycles. The minimum absolute atomic E-state index is 0.0788. The summed E-state index contributed by atoms with van der Waals surface area (Å²) in [6.45, 7) is 7.31. The summed E-state index contributed by atoms with van der Waals surface area (Å²) in [6.07, 6.45) is 8.06. The van der Waals surface area contributed by atoms with Crippen LogP contribution in [0.25, 0.3) is 0 Å². The Morgan fingerprint density at radius 2 is 2.21 bits per heavy atom. The van der Waals surface area contributed by atoms with Gasteiger partial charge in [-0.3, -0.25) is 14.4 Å². The third kappa shape index (κ3) is 6.60. The standard InChI is InChI=1S/C20H35N5O3/c1-4-20(2,3)13-14-8-9-17(28-14)25-12-10-16(22)24-19(25)23-11-6-5-7-15(21)18(26)27/h10,12,14-15,17H,4-9,11,13,21H2,1-3H3,(H,26,27)(H2,22,23,24)/t14?,15?,17-/m1/s1. The van der Waals surface area contributed by atoms with Gasteiger partial charge in [-0.2, -0.15) is 4.98 Å². The van der Waals surface area contributed by atoms with Crippen LogP contribution in [0.1, 0.15) is 71.9 Å². The van der Waals surface area contributed by atoms with E-state index in [4.69, 9.17) is 21.3 Å². The first-order valence-corrected chi connectivity index (χ1v) is 10.2. The Labute approximate surface area is 167 Å². The van der Waals surface area contributed by atoms with E-state index in [0.717, 1.165) is 32.1 Å². The van der Waals surface area contributed by atoms with Crippen LogP contribution in [0, 0.1) is 5.41 Å². The number of unbranched alkanes of at least 4 members (excludes halogenated alkanes) is 1. The van der Waals surface area contributed by atoms with Gasteiger partial charge in [0, 0.05) is 12.7 Å². The summed E-state index contributed by atoms with van der Waals surface area (Å²) in [5.74, 6) is -0.545. The number of nitrogen functional groups attached to an aromatic ring is 1. The molecule has 3 atom stereocenters. The summed E-state index contributed by atoms with van der Waals surface area (Å²) in [5.41, 5.74) is 12.2. The van der Waals surface area contributed by atoms with Gasteiger partial charge < -0.3 is 21.3 Å². The summed E-state index contributed by atoms with van der Waals surface area (Å²) < 4.78 is 8.25. The van der Waals surface area contributed by atoms with Gasteiger partial charge in [-0.1, -0.05) is 27.2 Å². The van der Waals surface area contributed by atoms with Crippen molar-refractivity contribution >= 4 is 11.8 Å². The molecule has 8 nitrogen and oxygen atoms in total. The maximum absolute atomic E-state index is 10.8. The lowest BCUT2D eigenvalue weighted by atomic mass is 9.83.